The van der Waals surface area contributed by atoms with E-state index in [1.54, 1.807) is 4.31 Å². The zero-order valence-corrected chi connectivity index (χ0v) is 9.39. The first-order valence-corrected chi connectivity index (χ1v) is 7.08. The molecule has 0 spiro atoms. The van der Waals surface area contributed by atoms with Gasteiger partial charge in [-0.25, -0.2) is 12.7 Å². The standard InChI is InChI=1S/C9H18N2O2S/c1-14(12,13)11-4-2-8(3-5-11)9-6-10-7-9/h8-10H,2-7H2,1H3. The van der Waals surface area contributed by atoms with Crippen LogP contribution in [0.4, 0.5) is 0 Å². The van der Waals surface area contributed by atoms with E-state index >= 15 is 0 Å². The van der Waals surface area contributed by atoms with Crippen molar-refractivity contribution in [2.75, 3.05) is 32.4 Å². The molecule has 0 radical (unpaired) electrons. The molecule has 1 N–H and O–H groups in total. The van der Waals surface area contributed by atoms with Gasteiger partial charge in [-0.15, -0.1) is 0 Å². The predicted octanol–water partition coefficient (Wildman–Crippen LogP) is -0.123. The monoisotopic (exact) mass is 218 g/mol. The molecule has 5 heteroatoms. The van der Waals surface area contributed by atoms with Gasteiger partial charge in [0.2, 0.25) is 10.0 Å². The van der Waals surface area contributed by atoms with Crippen LogP contribution in [0.5, 0.6) is 0 Å². The molecule has 0 saturated carbocycles. The second-order valence-corrected chi connectivity index (χ2v) is 6.40. The third-order valence-corrected chi connectivity index (χ3v) is 4.75. The molecule has 2 aliphatic heterocycles. The normalized spacial score (nSPS) is 27.5. The van der Waals surface area contributed by atoms with E-state index in [-0.39, 0.29) is 0 Å². The van der Waals surface area contributed by atoms with Gasteiger partial charge in [0.25, 0.3) is 0 Å². The van der Waals surface area contributed by atoms with Gasteiger partial charge in [0, 0.05) is 13.1 Å². The maximum atomic E-state index is 11.3. The fraction of sp³-hybridized carbons (Fsp3) is 1.00. The Hall–Kier alpha value is -0.130. The molecule has 0 atom stereocenters. The molecular formula is C9H18N2O2S. The molecule has 2 saturated heterocycles. The summed E-state index contributed by atoms with van der Waals surface area (Å²) in [7, 11) is -2.95. The maximum Gasteiger partial charge on any atom is 0.211 e. The number of nitrogens with zero attached hydrogens (tertiary/aromatic N) is 1. The lowest BCUT2D eigenvalue weighted by atomic mass is 9.81. The van der Waals surface area contributed by atoms with E-state index in [9.17, 15) is 8.42 Å². The Morgan fingerprint density at radius 1 is 1.14 bits per heavy atom. The molecular weight excluding hydrogens is 200 g/mol. The van der Waals surface area contributed by atoms with Gasteiger partial charge in [0.15, 0.2) is 0 Å². The maximum absolute atomic E-state index is 11.3. The lowest BCUT2D eigenvalue weighted by Gasteiger charge is -2.39. The van der Waals surface area contributed by atoms with Crippen molar-refractivity contribution in [3.8, 4) is 0 Å². The second kappa shape index (κ2) is 3.79. The molecule has 0 amide bonds. The van der Waals surface area contributed by atoms with Crippen LogP contribution >= 0.6 is 0 Å². The van der Waals surface area contributed by atoms with Crippen LogP contribution in [0, 0.1) is 11.8 Å². The summed E-state index contributed by atoms with van der Waals surface area (Å²) in [5, 5.41) is 3.27. The summed E-state index contributed by atoms with van der Waals surface area (Å²) in [6.45, 7) is 3.70. The van der Waals surface area contributed by atoms with Crippen molar-refractivity contribution < 1.29 is 8.42 Å². The van der Waals surface area contributed by atoms with E-state index in [2.05, 4.69) is 5.32 Å². The summed E-state index contributed by atoms with van der Waals surface area (Å²) in [6, 6.07) is 0. The summed E-state index contributed by atoms with van der Waals surface area (Å²) in [4.78, 5) is 0. The highest BCUT2D eigenvalue weighted by Gasteiger charge is 2.32. The van der Waals surface area contributed by atoms with Crippen LogP contribution in [0.2, 0.25) is 0 Å². The molecule has 0 aliphatic carbocycles. The summed E-state index contributed by atoms with van der Waals surface area (Å²) >= 11 is 0. The fourth-order valence-corrected chi connectivity index (χ4v) is 3.20. The van der Waals surface area contributed by atoms with Crippen LogP contribution in [0.3, 0.4) is 0 Å². The zero-order valence-electron chi connectivity index (χ0n) is 8.57. The quantitative estimate of drug-likeness (QED) is 0.703. The Kier molecular flexibility index (Phi) is 2.81. The third-order valence-electron chi connectivity index (χ3n) is 3.45. The molecule has 82 valence electrons. The first kappa shape index (κ1) is 10.4. The highest BCUT2D eigenvalue weighted by atomic mass is 32.2. The lowest BCUT2D eigenvalue weighted by Crippen LogP contribution is -2.49. The van der Waals surface area contributed by atoms with Crippen LogP contribution in [0.15, 0.2) is 0 Å². The molecule has 0 unspecified atom stereocenters. The first-order chi connectivity index (χ1) is 6.57. The van der Waals surface area contributed by atoms with Gasteiger partial charge in [0.1, 0.15) is 0 Å². The Morgan fingerprint density at radius 2 is 1.71 bits per heavy atom. The Labute approximate surface area is 85.7 Å². The SMILES string of the molecule is CS(=O)(=O)N1CCC(C2CNC2)CC1. The molecule has 2 rings (SSSR count). The van der Waals surface area contributed by atoms with Gasteiger partial charge in [-0.1, -0.05) is 0 Å². The minimum absolute atomic E-state index is 0.722. The molecule has 14 heavy (non-hydrogen) atoms. The van der Waals surface area contributed by atoms with Crippen molar-refractivity contribution in [1.29, 1.82) is 0 Å². The van der Waals surface area contributed by atoms with Crippen molar-refractivity contribution in [2.24, 2.45) is 11.8 Å². The second-order valence-electron chi connectivity index (χ2n) is 4.42. The number of piperidine rings is 1. The third kappa shape index (κ3) is 2.10. The van der Waals surface area contributed by atoms with Crippen LogP contribution < -0.4 is 5.32 Å². The van der Waals surface area contributed by atoms with E-state index in [0.29, 0.717) is 0 Å². The average molecular weight is 218 g/mol. The molecule has 0 aromatic rings. The zero-order chi connectivity index (χ0) is 10.2. The largest absolute Gasteiger partial charge is 0.316 e. The average Bonchev–Trinajstić information content (AvgIpc) is 2.00. The smallest absolute Gasteiger partial charge is 0.211 e. The summed E-state index contributed by atoms with van der Waals surface area (Å²) in [6.07, 6.45) is 3.39. The number of nitrogens with one attached hydrogen (secondary N) is 1. The Balaban J connectivity index is 1.85. The molecule has 4 nitrogen and oxygen atoms in total. The lowest BCUT2D eigenvalue weighted by molar-refractivity contribution is 0.161. The topological polar surface area (TPSA) is 49.4 Å². The predicted molar refractivity (Wildman–Crippen MR) is 55.5 cm³/mol. The van der Waals surface area contributed by atoms with Crippen LogP contribution in [0.25, 0.3) is 0 Å². The molecule has 0 aromatic carbocycles. The number of hydrogen-bond acceptors (Lipinski definition) is 3. The molecule has 2 aliphatic rings. The summed E-state index contributed by atoms with van der Waals surface area (Å²) < 4.78 is 24.1. The fourth-order valence-electron chi connectivity index (χ4n) is 2.32. The number of sulfonamides is 1. The minimum Gasteiger partial charge on any atom is -0.316 e. The molecule has 0 bridgehead atoms. The number of rotatable bonds is 2. The van der Waals surface area contributed by atoms with E-state index in [0.717, 1.165) is 50.9 Å². The van der Waals surface area contributed by atoms with Gasteiger partial charge in [0.05, 0.1) is 6.26 Å². The van der Waals surface area contributed by atoms with Crippen molar-refractivity contribution in [3.05, 3.63) is 0 Å². The Morgan fingerprint density at radius 3 is 2.07 bits per heavy atom. The summed E-state index contributed by atoms with van der Waals surface area (Å²) in [5.41, 5.74) is 0. The Bertz CT molecular complexity index is 290. The van der Waals surface area contributed by atoms with Crippen molar-refractivity contribution >= 4 is 10.0 Å². The van der Waals surface area contributed by atoms with Crippen molar-refractivity contribution in [3.63, 3.8) is 0 Å². The van der Waals surface area contributed by atoms with Crippen molar-refractivity contribution in [1.82, 2.24) is 9.62 Å². The van der Waals surface area contributed by atoms with Gasteiger partial charge in [-0.05, 0) is 37.8 Å². The van der Waals surface area contributed by atoms with E-state index in [1.807, 2.05) is 0 Å². The van der Waals surface area contributed by atoms with Gasteiger partial charge >= 0.3 is 0 Å². The van der Waals surface area contributed by atoms with E-state index in [4.69, 9.17) is 0 Å². The van der Waals surface area contributed by atoms with Crippen LogP contribution in [-0.4, -0.2) is 45.2 Å². The van der Waals surface area contributed by atoms with Gasteiger partial charge in [-0.2, -0.15) is 0 Å². The van der Waals surface area contributed by atoms with Crippen LogP contribution in [0.1, 0.15) is 12.8 Å². The van der Waals surface area contributed by atoms with E-state index < -0.39 is 10.0 Å². The van der Waals surface area contributed by atoms with Crippen molar-refractivity contribution in [2.45, 2.75) is 12.8 Å². The molecule has 2 heterocycles. The van der Waals surface area contributed by atoms with Crippen LogP contribution in [-0.2, 0) is 10.0 Å². The van der Waals surface area contributed by atoms with Gasteiger partial charge < -0.3 is 5.32 Å². The molecule has 0 aromatic heterocycles. The highest BCUT2D eigenvalue weighted by molar-refractivity contribution is 7.88. The first-order valence-electron chi connectivity index (χ1n) is 5.23. The highest BCUT2D eigenvalue weighted by Crippen LogP contribution is 2.28. The van der Waals surface area contributed by atoms with Gasteiger partial charge in [-0.3, -0.25) is 0 Å². The van der Waals surface area contributed by atoms with E-state index in [1.165, 1.54) is 6.26 Å². The molecule has 2 fully saturated rings. The minimum atomic E-state index is -2.95. The number of hydrogen-bond donors (Lipinski definition) is 1. The summed E-state index contributed by atoms with van der Waals surface area (Å²) in [5.74, 6) is 1.55.